The van der Waals surface area contributed by atoms with E-state index in [4.69, 9.17) is 4.74 Å². The quantitative estimate of drug-likeness (QED) is 0.669. The van der Waals surface area contributed by atoms with Crippen LogP contribution in [0.5, 0.6) is 0 Å². The lowest BCUT2D eigenvalue weighted by molar-refractivity contribution is -0.131. The van der Waals surface area contributed by atoms with E-state index in [0.29, 0.717) is 0 Å². The van der Waals surface area contributed by atoms with E-state index in [1.807, 2.05) is 60.7 Å². The second-order valence-electron chi connectivity index (χ2n) is 4.17. The summed E-state index contributed by atoms with van der Waals surface area (Å²) in [6, 6.07) is 18.8. The average Bonchev–Trinajstić information content (AvgIpc) is 2.50. The van der Waals surface area contributed by atoms with Crippen molar-refractivity contribution in [1.29, 1.82) is 0 Å². The van der Waals surface area contributed by atoms with Crippen molar-refractivity contribution in [3.8, 4) is 0 Å². The molecule has 2 aromatic carbocycles. The fraction of sp³-hybridized carbons (Fsp3) is 0.125. The number of hydrazone groups is 1. The van der Waals surface area contributed by atoms with Gasteiger partial charge in [-0.05, 0) is 11.1 Å². The molecular formula is C16H16N2O2. The molecule has 0 saturated carbocycles. The summed E-state index contributed by atoms with van der Waals surface area (Å²) in [5.41, 5.74) is 4.20. The van der Waals surface area contributed by atoms with Gasteiger partial charge in [-0.3, -0.25) is 4.79 Å². The highest BCUT2D eigenvalue weighted by molar-refractivity contribution is 5.85. The summed E-state index contributed by atoms with van der Waals surface area (Å²) >= 11 is 0. The number of benzene rings is 2. The van der Waals surface area contributed by atoms with E-state index in [0.717, 1.165) is 11.1 Å². The number of carbonyl (C=O) groups is 1. The summed E-state index contributed by atoms with van der Waals surface area (Å²) in [4.78, 5) is 12.0. The predicted octanol–water partition coefficient (Wildman–Crippen LogP) is 2.52. The van der Waals surface area contributed by atoms with E-state index in [9.17, 15) is 4.79 Å². The second-order valence-corrected chi connectivity index (χ2v) is 4.17. The molecule has 0 aliphatic heterocycles. The first kappa shape index (κ1) is 14.0. The maximum absolute atomic E-state index is 12.0. The molecule has 2 aromatic rings. The minimum absolute atomic E-state index is 0.300. The maximum Gasteiger partial charge on any atom is 0.273 e. The lowest BCUT2D eigenvalue weighted by Gasteiger charge is -2.13. The molecule has 0 radical (unpaired) electrons. The van der Waals surface area contributed by atoms with Crippen LogP contribution < -0.4 is 5.43 Å². The summed E-state index contributed by atoms with van der Waals surface area (Å²) < 4.78 is 5.21. The van der Waals surface area contributed by atoms with Crippen molar-refractivity contribution in [3.63, 3.8) is 0 Å². The van der Waals surface area contributed by atoms with Gasteiger partial charge in [0.1, 0.15) is 0 Å². The van der Waals surface area contributed by atoms with E-state index < -0.39 is 6.10 Å². The largest absolute Gasteiger partial charge is 0.367 e. The number of hydrogen-bond acceptors (Lipinski definition) is 3. The third kappa shape index (κ3) is 3.76. The van der Waals surface area contributed by atoms with Crippen molar-refractivity contribution in [3.05, 3.63) is 71.8 Å². The van der Waals surface area contributed by atoms with Crippen LogP contribution in [0.4, 0.5) is 0 Å². The molecule has 102 valence electrons. The molecule has 1 atom stereocenters. The van der Waals surface area contributed by atoms with Crippen LogP contribution in [-0.4, -0.2) is 19.2 Å². The predicted molar refractivity (Wildman–Crippen MR) is 78.4 cm³/mol. The second kappa shape index (κ2) is 7.21. The lowest BCUT2D eigenvalue weighted by Crippen LogP contribution is -2.26. The van der Waals surface area contributed by atoms with Gasteiger partial charge in [-0.2, -0.15) is 5.10 Å². The van der Waals surface area contributed by atoms with E-state index in [-0.39, 0.29) is 5.91 Å². The Kier molecular flexibility index (Phi) is 5.03. The molecule has 4 heteroatoms. The van der Waals surface area contributed by atoms with Crippen LogP contribution in [0.3, 0.4) is 0 Å². The van der Waals surface area contributed by atoms with Crippen molar-refractivity contribution < 1.29 is 9.53 Å². The topological polar surface area (TPSA) is 50.7 Å². The summed E-state index contributed by atoms with van der Waals surface area (Å²) in [7, 11) is 1.50. The van der Waals surface area contributed by atoms with Gasteiger partial charge in [0.25, 0.3) is 5.91 Å². The summed E-state index contributed by atoms with van der Waals surface area (Å²) in [5, 5.41) is 3.93. The molecule has 0 aliphatic rings. The number of methoxy groups -OCH3 is 1. The Morgan fingerprint density at radius 1 is 1.10 bits per heavy atom. The minimum atomic E-state index is -0.663. The highest BCUT2D eigenvalue weighted by Crippen LogP contribution is 2.15. The highest BCUT2D eigenvalue weighted by Gasteiger charge is 2.18. The minimum Gasteiger partial charge on any atom is -0.367 e. The first-order valence-corrected chi connectivity index (χ1v) is 6.27. The smallest absolute Gasteiger partial charge is 0.273 e. The fourth-order valence-electron chi connectivity index (χ4n) is 1.79. The molecule has 1 amide bonds. The van der Waals surface area contributed by atoms with Crippen LogP contribution in [0.1, 0.15) is 17.2 Å². The molecule has 4 nitrogen and oxygen atoms in total. The molecule has 0 heterocycles. The number of ether oxygens (including phenoxy) is 1. The van der Waals surface area contributed by atoms with Crippen LogP contribution in [0.25, 0.3) is 0 Å². The Balaban J connectivity index is 1.99. The molecule has 0 saturated heterocycles. The number of hydrogen-bond donors (Lipinski definition) is 1. The van der Waals surface area contributed by atoms with Gasteiger partial charge in [0.2, 0.25) is 0 Å². The molecule has 0 aromatic heterocycles. The molecule has 20 heavy (non-hydrogen) atoms. The van der Waals surface area contributed by atoms with Crippen LogP contribution in [0, 0.1) is 0 Å². The zero-order chi connectivity index (χ0) is 14.2. The van der Waals surface area contributed by atoms with Gasteiger partial charge in [0.05, 0.1) is 6.21 Å². The van der Waals surface area contributed by atoms with Gasteiger partial charge in [0, 0.05) is 7.11 Å². The Hall–Kier alpha value is -2.46. The number of carbonyl (C=O) groups excluding carboxylic acids is 1. The summed E-state index contributed by atoms with van der Waals surface area (Å²) in [6.07, 6.45) is 0.930. The zero-order valence-corrected chi connectivity index (χ0v) is 11.2. The molecule has 2 rings (SSSR count). The fourth-order valence-corrected chi connectivity index (χ4v) is 1.79. The standard InChI is InChI=1S/C16H16N2O2/c1-20-15(14-10-6-3-7-11-14)16(19)18-17-12-13-8-4-2-5-9-13/h2-12,15H,1H3,(H,18,19)/b17-12-/t15-/m1/s1. The number of nitrogens with zero attached hydrogens (tertiary/aromatic N) is 1. The third-order valence-corrected chi connectivity index (χ3v) is 2.76. The van der Waals surface area contributed by atoms with E-state index >= 15 is 0 Å². The van der Waals surface area contributed by atoms with Crippen LogP contribution >= 0.6 is 0 Å². The molecule has 0 bridgehead atoms. The van der Waals surface area contributed by atoms with E-state index in [1.165, 1.54) is 7.11 Å². The van der Waals surface area contributed by atoms with E-state index in [1.54, 1.807) is 6.21 Å². The van der Waals surface area contributed by atoms with Crippen molar-refractivity contribution in [2.45, 2.75) is 6.10 Å². The summed E-state index contributed by atoms with van der Waals surface area (Å²) in [6.45, 7) is 0. The molecule has 0 spiro atoms. The van der Waals surface area contributed by atoms with Gasteiger partial charge in [-0.15, -0.1) is 0 Å². The Labute approximate surface area is 118 Å². The molecule has 1 N–H and O–H groups in total. The number of rotatable bonds is 5. The van der Waals surface area contributed by atoms with E-state index in [2.05, 4.69) is 10.5 Å². The summed E-state index contributed by atoms with van der Waals surface area (Å²) in [5.74, 6) is -0.300. The molecule has 0 fully saturated rings. The van der Waals surface area contributed by atoms with Crippen molar-refractivity contribution in [2.75, 3.05) is 7.11 Å². The molecule has 0 aliphatic carbocycles. The Morgan fingerprint density at radius 3 is 2.30 bits per heavy atom. The van der Waals surface area contributed by atoms with Crippen LogP contribution in [-0.2, 0) is 9.53 Å². The molecule has 0 unspecified atom stereocenters. The Morgan fingerprint density at radius 2 is 1.70 bits per heavy atom. The first-order valence-electron chi connectivity index (χ1n) is 6.27. The van der Waals surface area contributed by atoms with Crippen molar-refractivity contribution >= 4 is 12.1 Å². The van der Waals surface area contributed by atoms with Crippen LogP contribution in [0.15, 0.2) is 65.8 Å². The van der Waals surface area contributed by atoms with Gasteiger partial charge < -0.3 is 4.74 Å². The maximum atomic E-state index is 12.0. The Bertz CT molecular complexity index is 568. The van der Waals surface area contributed by atoms with Gasteiger partial charge in [-0.25, -0.2) is 5.43 Å². The van der Waals surface area contributed by atoms with Gasteiger partial charge >= 0.3 is 0 Å². The highest BCUT2D eigenvalue weighted by atomic mass is 16.5. The number of nitrogens with one attached hydrogen (secondary N) is 1. The van der Waals surface area contributed by atoms with Crippen molar-refractivity contribution in [1.82, 2.24) is 5.43 Å². The third-order valence-electron chi connectivity index (χ3n) is 2.76. The van der Waals surface area contributed by atoms with Gasteiger partial charge in [-0.1, -0.05) is 60.7 Å². The zero-order valence-electron chi connectivity index (χ0n) is 11.2. The van der Waals surface area contributed by atoms with Gasteiger partial charge in [0.15, 0.2) is 6.10 Å². The van der Waals surface area contributed by atoms with Crippen molar-refractivity contribution in [2.24, 2.45) is 5.10 Å². The average molecular weight is 268 g/mol. The monoisotopic (exact) mass is 268 g/mol. The molecular weight excluding hydrogens is 252 g/mol. The van der Waals surface area contributed by atoms with Crippen LogP contribution in [0.2, 0.25) is 0 Å². The lowest BCUT2D eigenvalue weighted by atomic mass is 10.1. The first-order chi connectivity index (χ1) is 9.81. The normalized spacial score (nSPS) is 12.2. The number of amides is 1. The SMILES string of the molecule is CO[C@@H](C(=O)N/N=C\c1ccccc1)c1ccccc1.